The summed E-state index contributed by atoms with van der Waals surface area (Å²) in [7, 11) is 1.61. The number of furan rings is 1. The van der Waals surface area contributed by atoms with Crippen molar-refractivity contribution in [2.75, 3.05) is 7.11 Å². The van der Waals surface area contributed by atoms with Crippen molar-refractivity contribution in [2.24, 2.45) is 0 Å². The molecule has 1 unspecified atom stereocenters. The van der Waals surface area contributed by atoms with Crippen molar-refractivity contribution < 1.29 is 18.4 Å². The lowest BCUT2D eigenvalue weighted by atomic mass is 10.2. The fourth-order valence-electron chi connectivity index (χ4n) is 2.35. The number of benzene rings is 1. The monoisotopic (exact) mass is 373 g/mol. The van der Waals surface area contributed by atoms with Gasteiger partial charge in [0.2, 0.25) is 5.91 Å². The molecule has 0 fully saturated rings. The maximum absolute atomic E-state index is 12.3. The SMILES string of the molecule is COc1ccccc1CNC(=O)C(C)Sc1nnc(-c2ccoc2C)o1. The zero-order valence-corrected chi connectivity index (χ0v) is 15.5. The number of methoxy groups -OCH3 is 1. The Morgan fingerprint density at radius 3 is 2.85 bits per heavy atom. The van der Waals surface area contributed by atoms with Crippen LogP contribution in [0.2, 0.25) is 0 Å². The molecule has 0 radical (unpaired) electrons. The Balaban J connectivity index is 1.58. The van der Waals surface area contributed by atoms with Crippen LogP contribution in [0.15, 0.2) is 50.7 Å². The lowest BCUT2D eigenvalue weighted by Crippen LogP contribution is -2.30. The minimum absolute atomic E-state index is 0.125. The fourth-order valence-corrected chi connectivity index (χ4v) is 3.06. The summed E-state index contributed by atoms with van der Waals surface area (Å²) in [4.78, 5) is 12.3. The van der Waals surface area contributed by atoms with Crippen LogP contribution in [0.3, 0.4) is 0 Å². The van der Waals surface area contributed by atoms with Crippen molar-refractivity contribution >= 4 is 17.7 Å². The van der Waals surface area contributed by atoms with Crippen LogP contribution < -0.4 is 10.1 Å². The maximum Gasteiger partial charge on any atom is 0.277 e. The third kappa shape index (κ3) is 4.08. The van der Waals surface area contributed by atoms with E-state index in [2.05, 4.69) is 15.5 Å². The first kappa shape index (κ1) is 18.1. The number of nitrogens with one attached hydrogen (secondary N) is 1. The number of para-hydroxylation sites is 1. The van der Waals surface area contributed by atoms with Gasteiger partial charge >= 0.3 is 0 Å². The van der Waals surface area contributed by atoms with Crippen LogP contribution >= 0.6 is 11.8 Å². The van der Waals surface area contributed by atoms with Gasteiger partial charge in [0.1, 0.15) is 11.5 Å². The first-order chi connectivity index (χ1) is 12.6. The van der Waals surface area contributed by atoms with Gasteiger partial charge in [-0.2, -0.15) is 0 Å². The van der Waals surface area contributed by atoms with Gasteiger partial charge in [-0.15, -0.1) is 10.2 Å². The minimum Gasteiger partial charge on any atom is -0.496 e. The van der Waals surface area contributed by atoms with Crippen molar-refractivity contribution in [1.29, 1.82) is 0 Å². The van der Waals surface area contributed by atoms with Crippen molar-refractivity contribution in [3.05, 3.63) is 47.9 Å². The average molecular weight is 373 g/mol. The molecule has 1 aromatic carbocycles. The molecule has 3 rings (SSSR count). The summed E-state index contributed by atoms with van der Waals surface area (Å²) in [5.74, 6) is 1.69. The smallest absolute Gasteiger partial charge is 0.277 e. The molecule has 0 bridgehead atoms. The van der Waals surface area contributed by atoms with E-state index >= 15 is 0 Å². The van der Waals surface area contributed by atoms with E-state index in [4.69, 9.17) is 13.6 Å². The Morgan fingerprint density at radius 1 is 1.31 bits per heavy atom. The van der Waals surface area contributed by atoms with E-state index in [0.717, 1.165) is 16.9 Å². The Kier molecular flexibility index (Phi) is 5.62. The molecule has 26 heavy (non-hydrogen) atoms. The first-order valence-electron chi connectivity index (χ1n) is 8.02. The third-order valence-electron chi connectivity index (χ3n) is 3.79. The van der Waals surface area contributed by atoms with E-state index in [9.17, 15) is 4.79 Å². The largest absolute Gasteiger partial charge is 0.496 e. The summed E-state index contributed by atoms with van der Waals surface area (Å²) < 4.78 is 16.1. The van der Waals surface area contributed by atoms with Crippen LogP contribution in [-0.2, 0) is 11.3 Å². The van der Waals surface area contributed by atoms with E-state index in [-0.39, 0.29) is 11.2 Å². The molecule has 0 aliphatic heterocycles. The zero-order valence-electron chi connectivity index (χ0n) is 14.7. The predicted octanol–water partition coefficient (Wildman–Crippen LogP) is 3.44. The second kappa shape index (κ2) is 8.09. The molecule has 0 saturated carbocycles. The highest BCUT2D eigenvalue weighted by molar-refractivity contribution is 8.00. The molecule has 0 aliphatic carbocycles. The summed E-state index contributed by atoms with van der Waals surface area (Å²) in [6.45, 7) is 3.99. The second-order valence-electron chi connectivity index (χ2n) is 5.55. The van der Waals surface area contributed by atoms with Crippen LogP contribution in [0.4, 0.5) is 0 Å². The summed E-state index contributed by atoms with van der Waals surface area (Å²) >= 11 is 1.21. The van der Waals surface area contributed by atoms with Crippen LogP contribution in [0.25, 0.3) is 11.5 Å². The van der Waals surface area contributed by atoms with Gasteiger partial charge in [-0.05, 0) is 26.0 Å². The summed E-state index contributed by atoms with van der Waals surface area (Å²) in [6, 6.07) is 9.32. The summed E-state index contributed by atoms with van der Waals surface area (Å²) in [5, 5.41) is 10.8. The summed E-state index contributed by atoms with van der Waals surface area (Å²) in [6.07, 6.45) is 1.57. The lowest BCUT2D eigenvalue weighted by molar-refractivity contribution is -0.120. The highest BCUT2D eigenvalue weighted by Gasteiger charge is 2.20. The number of ether oxygens (including phenoxy) is 1. The highest BCUT2D eigenvalue weighted by atomic mass is 32.2. The van der Waals surface area contributed by atoms with Crippen molar-refractivity contribution in [3.63, 3.8) is 0 Å². The Bertz CT molecular complexity index is 890. The second-order valence-corrected chi connectivity index (χ2v) is 6.85. The molecule has 1 amide bonds. The van der Waals surface area contributed by atoms with E-state index in [0.29, 0.717) is 23.4 Å². The molecule has 8 heteroatoms. The predicted molar refractivity (Wildman–Crippen MR) is 96.9 cm³/mol. The number of hydrogen-bond donors (Lipinski definition) is 1. The molecule has 3 aromatic rings. The standard InChI is InChI=1S/C18H19N3O4S/c1-11-14(8-9-24-11)17-20-21-18(25-17)26-12(2)16(22)19-10-13-6-4-5-7-15(13)23-3/h4-9,12H,10H2,1-3H3,(H,19,22). The van der Waals surface area contributed by atoms with E-state index in [1.165, 1.54) is 11.8 Å². The molecule has 7 nitrogen and oxygen atoms in total. The van der Waals surface area contributed by atoms with E-state index < -0.39 is 0 Å². The molecule has 1 atom stereocenters. The fraction of sp³-hybridized carbons (Fsp3) is 0.278. The number of hydrogen-bond acceptors (Lipinski definition) is 7. The number of nitrogens with zero attached hydrogens (tertiary/aromatic N) is 2. The molecule has 0 aliphatic rings. The molecule has 136 valence electrons. The quantitative estimate of drug-likeness (QED) is 0.634. The third-order valence-corrected chi connectivity index (χ3v) is 4.72. The Hall–Kier alpha value is -2.74. The number of carbonyl (C=O) groups is 1. The van der Waals surface area contributed by atoms with Crippen LogP contribution in [0.5, 0.6) is 5.75 Å². The minimum atomic E-state index is -0.386. The number of carbonyl (C=O) groups excluding carboxylic acids is 1. The Labute approximate surface area is 155 Å². The zero-order chi connectivity index (χ0) is 18.5. The first-order valence-corrected chi connectivity index (χ1v) is 8.90. The van der Waals surface area contributed by atoms with Crippen LogP contribution in [0, 0.1) is 6.92 Å². The van der Waals surface area contributed by atoms with Crippen molar-refractivity contribution in [1.82, 2.24) is 15.5 Å². The molecular weight excluding hydrogens is 354 g/mol. The van der Waals surface area contributed by atoms with Crippen molar-refractivity contribution in [3.8, 4) is 17.2 Å². The van der Waals surface area contributed by atoms with Gasteiger partial charge < -0.3 is 18.9 Å². The number of aromatic nitrogens is 2. The van der Waals surface area contributed by atoms with Gasteiger partial charge in [0.15, 0.2) is 0 Å². The number of rotatable bonds is 7. The Morgan fingerprint density at radius 2 is 2.12 bits per heavy atom. The van der Waals surface area contributed by atoms with Gasteiger partial charge in [-0.25, -0.2) is 0 Å². The summed E-state index contributed by atoms with van der Waals surface area (Å²) in [5.41, 5.74) is 1.66. The van der Waals surface area contributed by atoms with Crippen LogP contribution in [-0.4, -0.2) is 28.5 Å². The van der Waals surface area contributed by atoms with E-state index in [1.54, 1.807) is 26.4 Å². The molecule has 2 aromatic heterocycles. The highest BCUT2D eigenvalue weighted by Crippen LogP contribution is 2.28. The molecule has 2 heterocycles. The van der Waals surface area contributed by atoms with Crippen LogP contribution in [0.1, 0.15) is 18.2 Å². The van der Waals surface area contributed by atoms with Gasteiger partial charge in [0.05, 0.1) is 24.2 Å². The van der Waals surface area contributed by atoms with Gasteiger partial charge in [0.25, 0.3) is 11.1 Å². The van der Waals surface area contributed by atoms with Crippen molar-refractivity contribution in [2.45, 2.75) is 30.9 Å². The molecule has 0 saturated heterocycles. The van der Waals surface area contributed by atoms with Gasteiger partial charge in [-0.1, -0.05) is 30.0 Å². The number of thioether (sulfide) groups is 1. The normalized spacial score (nSPS) is 12.0. The number of amides is 1. The topological polar surface area (TPSA) is 90.4 Å². The van der Waals surface area contributed by atoms with Gasteiger partial charge in [0, 0.05) is 12.1 Å². The maximum atomic E-state index is 12.3. The number of aryl methyl sites for hydroxylation is 1. The average Bonchev–Trinajstić information content (AvgIpc) is 3.28. The lowest BCUT2D eigenvalue weighted by Gasteiger charge is -2.12. The van der Waals surface area contributed by atoms with E-state index in [1.807, 2.05) is 31.2 Å². The molecule has 0 spiro atoms. The molecular formula is C18H19N3O4S. The van der Waals surface area contributed by atoms with Gasteiger partial charge in [-0.3, -0.25) is 4.79 Å². The molecule has 1 N–H and O–H groups in total.